The number of ether oxygens (including phenoxy) is 2. The number of benzene rings is 2. The van der Waals surface area contributed by atoms with Crippen molar-refractivity contribution in [2.24, 2.45) is 0 Å². The van der Waals surface area contributed by atoms with Crippen molar-refractivity contribution < 1.29 is 14.3 Å². The van der Waals surface area contributed by atoms with E-state index in [-0.39, 0.29) is 5.91 Å². The summed E-state index contributed by atoms with van der Waals surface area (Å²) in [7, 11) is 3.46. The molecule has 26 heavy (non-hydrogen) atoms. The molecule has 132 valence electrons. The van der Waals surface area contributed by atoms with Crippen LogP contribution in [0.4, 0.5) is 0 Å². The van der Waals surface area contributed by atoms with E-state index in [0.29, 0.717) is 19.8 Å². The number of hydrogen-bond donors (Lipinski definition) is 0. The van der Waals surface area contributed by atoms with Crippen LogP contribution in [-0.4, -0.2) is 29.9 Å². The largest absolute Gasteiger partial charge is 0.494 e. The van der Waals surface area contributed by atoms with E-state index in [2.05, 4.69) is 4.98 Å². The fraction of sp³-hybridized carbons (Fsp3) is 0.238. The summed E-state index contributed by atoms with van der Waals surface area (Å²) in [6, 6.07) is 13.6. The van der Waals surface area contributed by atoms with Crippen molar-refractivity contribution in [3.63, 3.8) is 0 Å². The molecule has 0 radical (unpaired) electrons. The summed E-state index contributed by atoms with van der Waals surface area (Å²) < 4.78 is 10.9. The fourth-order valence-corrected chi connectivity index (χ4v) is 3.45. The summed E-state index contributed by atoms with van der Waals surface area (Å²) in [5, 5.41) is 0.994. The van der Waals surface area contributed by atoms with Crippen molar-refractivity contribution >= 4 is 16.8 Å². The molecule has 1 aliphatic rings. The molecule has 0 spiro atoms. The third-order valence-corrected chi connectivity index (χ3v) is 4.80. The van der Waals surface area contributed by atoms with Crippen molar-refractivity contribution in [3.8, 4) is 5.75 Å². The molecule has 4 rings (SSSR count). The van der Waals surface area contributed by atoms with E-state index in [0.717, 1.165) is 38.9 Å². The van der Waals surface area contributed by atoms with Gasteiger partial charge in [-0.3, -0.25) is 9.78 Å². The minimum Gasteiger partial charge on any atom is -0.494 e. The average molecular weight is 348 g/mol. The van der Waals surface area contributed by atoms with Gasteiger partial charge in [0.2, 0.25) is 0 Å². The van der Waals surface area contributed by atoms with Crippen LogP contribution in [0, 0.1) is 0 Å². The van der Waals surface area contributed by atoms with Crippen LogP contribution in [0.15, 0.2) is 48.7 Å². The van der Waals surface area contributed by atoms with Gasteiger partial charge in [-0.1, -0.05) is 24.3 Å². The Kier molecular flexibility index (Phi) is 4.31. The van der Waals surface area contributed by atoms with Gasteiger partial charge >= 0.3 is 0 Å². The molecule has 1 aromatic heterocycles. The molecule has 3 aromatic rings. The van der Waals surface area contributed by atoms with E-state index < -0.39 is 0 Å². The summed E-state index contributed by atoms with van der Waals surface area (Å²) >= 11 is 0. The number of methoxy groups -OCH3 is 1. The lowest BCUT2D eigenvalue weighted by atomic mass is 10.0. The minimum atomic E-state index is 0.000193. The highest BCUT2D eigenvalue weighted by Gasteiger charge is 2.22. The molecule has 0 aliphatic carbocycles. The fourth-order valence-electron chi connectivity index (χ4n) is 3.45. The zero-order valence-corrected chi connectivity index (χ0v) is 14.9. The molecule has 0 unspecified atom stereocenters. The van der Waals surface area contributed by atoms with E-state index in [9.17, 15) is 4.79 Å². The number of aromatic nitrogens is 1. The average Bonchev–Trinajstić information content (AvgIpc) is 3.16. The standard InChI is InChI=1S/C21H20N2O3/c1-23(21(24)17-6-3-5-15-12-26-13-18(15)17)11-14-8-9-19(25-2)20-16(14)7-4-10-22-20/h3-10H,11-13H2,1-2H3. The van der Waals surface area contributed by atoms with Gasteiger partial charge in [-0.15, -0.1) is 0 Å². The first kappa shape index (κ1) is 16.5. The zero-order chi connectivity index (χ0) is 18.1. The number of fused-ring (bicyclic) bond motifs is 2. The molecule has 1 aliphatic heterocycles. The molecule has 2 heterocycles. The molecule has 0 bridgehead atoms. The molecule has 0 fully saturated rings. The molecule has 5 heteroatoms. The van der Waals surface area contributed by atoms with Gasteiger partial charge in [0.25, 0.3) is 5.91 Å². The summed E-state index contributed by atoms with van der Waals surface area (Å²) in [6.07, 6.45) is 1.75. The number of nitrogens with zero attached hydrogens (tertiary/aromatic N) is 2. The van der Waals surface area contributed by atoms with Crippen molar-refractivity contribution in [2.45, 2.75) is 19.8 Å². The van der Waals surface area contributed by atoms with Gasteiger partial charge in [0, 0.05) is 30.7 Å². The second kappa shape index (κ2) is 6.77. The Hall–Kier alpha value is -2.92. The summed E-state index contributed by atoms with van der Waals surface area (Å²) in [4.78, 5) is 19.2. The normalized spacial score (nSPS) is 12.8. The predicted molar refractivity (Wildman–Crippen MR) is 99.0 cm³/mol. The Morgan fingerprint density at radius 3 is 2.92 bits per heavy atom. The van der Waals surface area contributed by atoms with E-state index in [1.807, 2.05) is 49.5 Å². The molecule has 0 N–H and O–H groups in total. The lowest BCUT2D eigenvalue weighted by Crippen LogP contribution is -2.27. The van der Waals surface area contributed by atoms with Crippen molar-refractivity contribution in [2.75, 3.05) is 14.2 Å². The van der Waals surface area contributed by atoms with E-state index in [4.69, 9.17) is 9.47 Å². The Morgan fingerprint density at radius 2 is 2.08 bits per heavy atom. The van der Waals surface area contributed by atoms with E-state index in [1.54, 1.807) is 18.2 Å². The lowest BCUT2D eigenvalue weighted by Gasteiger charge is -2.20. The number of rotatable bonds is 4. The summed E-state index contributed by atoms with van der Waals surface area (Å²) in [5.74, 6) is 0.733. The van der Waals surface area contributed by atoms with Gasteiger partial charge in [0.05, 0.1) is 20.3 Å². The maximum absolute atomic E-state index is 13.0. The van der Waals surface area contributed by atoms with Gasteiger partial charge in [0.15, 0.2) is 0 Å². The molecule has 0 saturated heterocycles. The first-order valence-corrected chi connectivity index (χ1v) is 8.53. The van der Waals surface area contributed by atoms with Gasteiger partial charge in [-0.25, -0.2) is 0 Å². The van der Waals surface area contributed by atoms with Crippen LogP contribution in [0.2, 0.25) is 0 Å². The van der Waals surface area contributed by atoms with Crippen LogP contribution in [0.3, 0.4) is 0 Å². The van der Waals surface area contributed by atoms with Crippen molar-refractivity contribution in [3.05, 3.63) is 70.9 Å². The van der Waals surface area contributed by atoms with Gasteiger partial charge < -0.3 is 14.4 Å². The quantitative estimate of drug-likeness (QED) is 0.724. The Labute approximate surface area is 152 Å². The number of hydrogen-bond acceptors (Lipinski definition) is 4. The topological polar surface area (TPSA) is 51.7 Å². The number of carbonyl (C=O) groups is 1. The first-order valence-electron chi connectivity index (χ1n) is 8.53. The predicted octanol–water partition coefficient (Wildman–Crippen LogP) is 3.55. The van der Waals surface area contributed by atoms with Crippen molar-refractivity contribution in [1.82, 2.24) is 9.88 Å². The first-order chi connectivity index (χ1) is 12.7. The zero-order valence-electron chi connectivity index (χ0n) is 14.9. The highest BCUT2D eigenvalue weighted by Crippen LogP contribution is 2.28. The third kappa shape index (κ3) is 2.80. The SMILES string of the molecule is COc1ccc(CN(C)C(=O)c2cccc3c2COC3)c2cccnc12. The summed E-state index contributed by atoms with van der Waals surface area (Å²) in [6.45, 7) is 1.57. The summed E-state index contributed by atoms with van der Waals surface area (Å²) in [5.41, 5.74) is 4.67. The highest BCUT2D eigenvalue weighted by atomic mass is 16.5. The Morgan fingerprint density at radius 1 is 1.19 bits per heavy atom. The van der Waals surface area contributed by atoms with Crippen LogP contribution in [-0.2, 0) is 24.5 Å². The smallest absolute Gasteiger partial charge is 0.254 e. The van der Waals surface area contributed by atoms with Gasteiger partial charge in [0.1, 0.15) is 11.3 Å². The van der Waals surface area contributed by atoms with Crippen molar-refractivity contribution in [1.29, 1.82) is 0 Å². The second-order valence-corrected chi connectivity index (χ2v) is 6.42. The maximum Gasteiger partial charge on any atom is 0.254 e. The molecule has 2 aromatic carbocycles. The number of pyridine rings is 1. The third-order valence-electron chi connectivity index (χ3n) is 4.80. The molecular formula is C21H20N2O3. The molecule has 0 saturated carbocycles. The highest BCUT2D eigenvalue weighted by molar-refractivity contribution is 5.96. The lowest BCUT2D eigenvalue weighted by molar-refractivity contribution is 0.0781. The van der Waals surface area contributed by atoms with Crippen LogP contribution in [0.25, 0.3) is 10.9 Å². The van der Waals surface area contributed by atoms with Crippen LogP contribution < -0.4 is 4.74 Å². The minimum absolute atomic E-state index is 0.000193. The molecular weight excluding hydrogens is 328 g/mol. The maximum atomic E-state index is 13.0. The van der Waals surface area contributed by atoms with E-state index >= 15 is 0 Å². The van der Waals surface area contributed by atoms with Gasteiger partial charge in [-0.05, 0) is 34.9 Å². The number of carbonyl (C=O) groups excluding carboxylic acids is 1. The van der Waals surface area contributed by atoms with Crippen LogP contribution in [0.1, 0.15) is 27.0 Å². The Balaban J connectivity index is 1.65. The Bertz CT molecular complexity index is 984. The monoisotopic (exact) mass is 348 g/mol. The van der Waals surface area contributed by atoms with Crippen LogP contribution >= 0.6 is 0 Å². The van der Waals surface area contributed by atoms with Crippen LogP contribution in [0.5, 0.6) is 5.75 Å². The van der Waals surface area contributed by atoms with Gasteiger partial charge in [-0.2, -0.15) is 0 Å². The molecule has 5 nitrogen and oxygen atoms in total. The van der Waals surface area contributed by atoms with E-state index in [1.165, 1.54) is 0 Å². The molecule has 0 atom stereocenters. The number of amides is 1. The molecule has 1 amide bonds. The second-order valence-electron chi connectivity index (χ2n) is 6.42.